The van der Waals surface area contributed by atoms with Crippen molar-refractivity contribution in [2.24, 2.45) is 0 Å². The molecule has 0 aliphatic rings. The fourth-order valence-electron chi connectivity index (χ4n) is 3.76. The number of benzene rings is 3. The molecule has 1 atom stereocenters. The minimum absolute atomic E-state index is 0.106. The van der Waals surface area contributed by atoms with Gasteiger partial charge in [0.1, 0.15) is 6.04 Å². The molecular weight excluding hydrogens is 542 g/mol. The van der Waals surface area contributed by atoms with Crippen molar-refractivity contribution in [1.82, 2.24) is 14.5 Å². The van der Waals surface area contributed by atoms with Crippen LogP contribution in [0.3, 0.4) is 0 Å². The SMILES string of the molecule is CNC(=O)[C@@H](Cc1ccccc1)N(Cc1ccc(Br)cc1)C(=O)CN(C)S(=O)(=O)c1ccc(C)cc1. The number of carbonyl (C=O) groups excluding carboxylic acids is 2. The predicted octanol–water partition coefficient (Wildman–Crippen LogP) is 3.76. The standard InChI is InChI=1S/C27H30BrN3O4S/c1-20-9-15-24(16-10-20)36(34,35)30(3)19-26(32)31(18-22-11-13-23(28)14-12-22)25(27(33)29-2)17-21-7-5-4-6-8-21/h4-16,25H,17-19H2,1-3H3,(H,29,33)/t25-/m1/s1. The van der Waals surface area contributed by atoms with Crippen molar-refractivity contribution in [1.29, 1.82) is 0 Å². The van der Waals surface area contributed by atoms with Gasteiger partial charge >= 0.3 is 0 Å². The highest BCUT2D eigenvalue weighted by atomic mass is 79.9. The monoisotopic (exact) mass is 571 g/mol. The van der Waals surface area contributed by atoms with Gasteiger partial charge in [0.05, 0.1) is 11.4 Å². The Labute approximate surface area is 221 Å². The number of hydrogen-bond donors (Lipinski definition) is 1. The summed E-state index contributed by atoms with van der Waals surface area (Å²) in [6.45, 7) is 1.61. The van der Waals surface area contributed by atoms with E-state index >= 15 is 0 Å². The first-order chi connectivity index (χ1) is 17.1. The van der Waals surface area contributed by atoms with Gasteiger partial charge in [0.25, 0.3) is 0 Å². The van der Waals surface area contributed by atoms with Crippen molar-refractivity contribution < 1.29 is 18.0 Å². The molecule has 0 spiro atoms. The number of rotatable bonds is 10. The average Bonchev–Trinajstić information content (AvgIpc) is 2.87. The zero-order chi connectivity index (χ0) is 26.3. The van der Waals surface area contributed by atoms with Crippen molar-refractivity contribution in [3.05, 3.63) is 100 Å². The topological polar surface area (TPSA) is 86.8 Å². The van der Waals surface area contributed by atoms with Crippen LogP contribution in [0.4, 0.5) is 0 Å². The molecule has 0 saturated carbocycles. The van der Waals surface area contributed by atoms with Crippen LogP contribution in [-0.4, -0.2) is 56.1 Å². The number of carbonyl (C=O) groups is 2. The molecule has 0 bridgehead atoms. The van der Waals surface area contributed by atoms with Crippen LogP contribution in [0.5, 0.6) is 0 Å². The Bertz CT molecular complexity index is 1280. The van der Waals surface area contributed by atoms with E-state index in [2.05, 4.69) is 21.2 Å². The Balaban J connectivity index is 1.93. The summed E-state index contributed by atoms with van der Waals surface area (Å²) in [5, 5.41) is 2.66. The third-order valence-corrected chi connectivity index (χ3v) is 8.22. The van der Waals surface area contributed by atoms with Gasteiger partial charge in [-0.05, 0) is 42.3 Å². The Morgan fingerprint density at radius 3 is 2.11 bits per heavy atom. The fraction of sp³-hybridized carbons (Fsp3) is 0.259. The molecule has 36 heavy (non-hydrogen) atoms. The molecule has 0 fully saturated rings. The maximum atomic E-state index is 13.6. The maximum absolute atomic E-state index is 13.6. The minimum Gasteiger partial charge on any atom is -0.357 e. The number of nitrogens with one attached hydrogen (secondary N) is 1. The van der Waals surface area contributed by atoms with E-state index in [1.54, 1.807) is 12.1 Å². The van der Waals surface area contributed by atoms with Crippen molar-refractivity contribution in [2.45, 2.75) is 30.8 Å². The molecule has 0 aliphatic heterocycles. The molecule has 0 heterocycles. The Hall–Kier alpha value is -3.01. The number of likely N-dealkylation sites (N-methyl/N-ethyl adjacent to an activating group) is 2. The Morgan fingerprint density at radius 2 is 1.53 bits per heavy atom. The first kappa shape index (κ1) is 27.6. The zero-order valence-corrected chi connectivity index (χ0v) is 22.9. The van der Waals surface area contributed by atoms with E-state index in [0.717, 1.165) is 25.5 Å². The summed E-state index contributed by atoms with van der Waals surface area (Å²) in [6, 6.07) is 22.5. The number of aryl methyl sites for hydroxylation is 1. The molecule has 2 amide bonds. The lowest BCUT2D eigenvalue weighted by Gasteiger charge is -2.32. The number of nitrogens with zero attached hydrogens (tertiary/aromatic N) is 2. The number of amides is 2. The lowest BCUT2D eigenvalue weighted by Crippen LogP contribution is -2.52. The summed E-state index contributed by atoms with van der Waals surface area (Å²) < 4.78 is 28.2. The zero-order valence-electron chi connectivity index (χ0n) is 20.5. The third kappa shape index (κ3) is 7.02. The summed E-state index contributed by atoms with van der Waals surface area (Å²) in [6.07, 6.45) is 0.289. The highest BCUT2D eigenvalue weighted by Gasteiger charge is 2.32. The molecule has 1 N–H and O–H groups in total. The molecule has 0 saturated heterocycles. The van der Waals surface area contributed by atoms with E-state index in [4.69, 9.17) is 0 Å². The molecule has 7 nitrogen and oxygen atoms in total. The van der Waals surface area contributed by atoms with Gasteiger partial charge in [-0.25, -0.2) is 8.42 Å². The van der Waals surface area contributed by atoms with Crippen LogP contribution in [0.25, 0.3) is 0 Å². The molecule has 190 valence electrons. The van der Waals surface area contributed by atoms with Crippen molar-refractivity contribution in [3.63, 3.8) is 0 Å². The van der Waals surface area contributed by atoms with Crippen LogP contribution in [0.1, 0.15) is 16.7 Å². The molecule has 0 aromatic heterocycles. The Morgan fingerprint density at radius 1 is 0.917 bits per heavy atom. The summed E-state index contributed by atoms with van der Waals surface area (Å²) in [5.41, 5.74) is 2.64. The van der Waals surface area contributed by atoms with Crippen LogP contribution in [0, 0.1) is 6.92 Å². The fourth-order valence-corrected chi connectivity index (χ4v) is 5.15. The highest BCUT2D eigenvalue weighted by Crippen LogP contribution is 2.19. The van der Waals surface area contributed by atoms with E-state index in [1.807, 2.05) is 61.5 Å². The van der Waals surface area contributed by atoms with E-state index < -0.39 is 28.5 Å². The summed E-state index contributed by atoms with van der Waals surface area (Å²) in [5.74, 6) is -0.797. The first-order valence-electron chi connectivity index (χ1n) is 11.4. The highest BCUT2D eigenvalue weighted by molar-refractivity contribution is 9.10. The second kappa shape index (κ2) is 12.3. The summed E-state index contributed by atoms with van der Waals surface area (Å²) in [4.78, 5) is 28.2. The van der Waals surface area contributed by atoms with Crippen LogP contribution in [0.15, 0.2) is 88.2 Å². The van der Waals surface area contributed by atoms with Gasteiger partial charge in [-0.2, -0.15) is 4.31 Å². The first-order valence-corrected chi connectivity index (χ1v) is 13.7. The predicted molar refractivity (Wildman–Crippen MR) is 144 cm³/mol. The lowest BCUT2D eigenvalue weighted by molar-refractivity contribution is -0.141. The molecule has 9 heteroatoms. The van der Waals surface area contributed by atoms with Gasteiger partial charge in [0, 0.05) is 31.5 Å². The van der Waals surface area contributed by atoms with Crippen molar-refractivity contribution in [2.75, 3.05) is 20.6 Å². The van der Waals surface area contributed by atoms with Crippen molar-refractivity contribution >= 4 is 37.8 Å². The van der Waals surface area contributed by atoms with Crippen LogP contribution < -0.4 is 5.32 Å². The number of sulfonamides is 1. The van der Waals surface area contributed by atoms with Crippen LogP contribution >= 0.6 is 15.9 Å². The Kier molecular flexibility index (Phi) is 9.42. The normalized spacial score (nSPS) is 12.2. The van der Waals surface area contributed by atoms with Crippen molar-refractivity contribution in [3.8, 4) is 0 Å². The van der Waals surface area contributed by atoms with Gasteiger partial charge in [-0.1, -0.05) is 76.1 Å². The number of hydrogen-bond acceptors (Lipinski definition) is 4. The molecule has 3 aromatic carbocycles. The quantitative estimate of drug-likeness (QED) is 0.401. The molecule has 0 unspecified atom stereocenters. The minimum atomic E-state index is -3.89. The van der Waals surface area contributed by atoms with E-state index in [1.165, 1.54) is 31.1 Å². The maximum Gasteiger partial charge on any atom is 0.243 e. The summed E-state index contributed by atoms with van der Waals surface area (Å²) >= 11 is 3.41. The average molecular weight is 573 g/mol. The second-order valence-electron chi connectivity index (χ2n) is 8.54. The van der Waals surface area contributed by atoms with E-state index in [0.29, 0.717) is 0 Å². The van der Waals surface area contributed by atoms with E-state index in [9.17, 15) is 18.0 Å². The van der Waals surface area contributed by atoms with Crippen LogP contribution in [0.2, 0.25) is 0 Å². The van der Waals surface area contributed by atoms with Gasteiger partial charge in [0.2, 0.25) is 21.8 Å². The van der Waals surface area contributed by atoms with Gasteiger partial charge in [-0.3, -0.25) is 9.59 Å². The number of halogens is 1. The third-order valence-electron chi connectivity index (χ3n) is 5.87. The molecule has 3 rings (SSSR count). The smallest absolute Gasteiger partial charge is 0.243 e. The van der Waals surface area contributed by atoms with Crippen LogP contribution in [-0.2, 0) is 32.6 Å². The molecule has 3 aromatic rings. The summed E-state index contributed by atoms with van der Waals surface area (Å²) in [7, 11) is -0.998. The van der Waals surface area contributed by atoms with Gasteiger partial charge < -0.3 is 10.2 Å². The largest absolute Gasteiger partial charge is 0.357 e. The lowest BCUT2D eigenvalue weighted by atomic mass is 10.0. The molecule has 0 radical (unpaired) electrons. The van der Waals surface area contributed by atoms with E-state index in [-0.39, 0.29) is 23.8 Å². The van der Waals surface area contributed by atoms with Gasteiger partial charge in [0.15, 0.2) is 0 Å². The van der Waals surface area contributed by atoms with Gasteiger partial charge in [-0.15, -0.1) is 0 Å². The second-order valence-corrected chi connectivity index (χ2v) is 11.5. The molecule has 0 aliphatic carbocycles. The molecular formula is C27H30BrN3O4S.